The zero-order chi connectivity index (χ0) is 11.4. The van der Waals surface area contributed by atoms with Gasteiger partial charge in [-0.05, 0) is 25.5 Å². The highest BCUT2D eigenvalue weighted by molar-refractivity contribution is 5.89. The fraction of sp³-hybridized carbons (Fsp3) is 0.182. The van der Waals surface area contributed by atoms with Crippen LogP contribution in [-0.2, 0) is 4.79 Å². The van der Waals surface area contributed by atoms with Gasteiger partial charge in [-0.1, -0.05) is 12.6 Å². The Kier molecular flexibility index (Phi) is 3.19. The molecule has 0 atom stereocenters. The summed E-state index contributed by atoms with van der Waals surface area (Å²) in [5.41, 5.74) is 1.42. The molecular formula is C11H11N2O2+. The number of esters is 1. The summed E-state index contributed by atoms with van der Waals surface area (Å²) in [6.45, 7) is 6.86. The molecule has 4 nitrogen and oxygen atoms in total. The van der Waals surface area contributed by atoms with E-state index in [0.717, 1.165) is 5.56 Å². The Morgan fingerprint density at radius 1 is 1.53 bits per heavy atom. The summed E-state index contributed by atoms with van der Waals surface area (Å²) < 4.78 is 4.99. The molecule has 0 aliphatic heterocycles. The Labute approximate surface area is 87.8 Å². The Balaban J connectivity index is 3.04. The van der Waals surface area contributed by atoms with Crippen LogP contribution in [0.15, 0.2) is 30.4 Å². The second kappa shape index (κ2) is 4.38. The van der Waals surface area contributed by atoms with Crippen LogP contribution in [0.4, 0.5) is 5.69 Å². The van der Waals surface area contributed by atoms with Crippen molar-refractivity contribution in [3.63, 3.8) is 0 Å². The number of aryl methyl sites for hydroxylation is 1. The number of carbonyl (C=O) groups excluding carboxylic acids is 1. The van der Waals surface area contributed by atoms with Gasteiger partial charge < -0.3 is 4.74 Å². The van der Waals surface area contributed by atoms with Crippen molar-refractivity contribution in [2.45, 2.75) is 13.8 Å². The summed E-state index contributed by atoms with van der Waals surface area (Å²) >= 11 is 0. The van der Waals surface area contributed by atoms with E-state index in [-0.39, 0.29) is 11.4 Å². The Morgan fingerprint density at radius 2 is 2.20 bits per heavy atom. The third kappa shape index (κ3) is 2.64. The molecule has 1 aromatic rings. The summed E-state index contributed by atoms with van der Waals surface area (Å²) in [4.78, 5) is 14.3. The molecule has 15 heavy (non-hydrogen) atoms. The molecule has 4 heteroatoms. The molecule has 0 amide bonds. The van der Waals surface area contributed by atoms with Crippen LogP contribution in [0.1, 0.15) is 12.5 Å². The molecule has 76 valence electrons. The molecule has 1 aromatic carbocycles. The van der Waals surface area contributed by atoms with E-state index in [0.29, 0.717) is 5.57 Å². The normalized spacial score (nSPS) is 9.13. The number of diazo groups is 1. The second-order valence-corrected chi connectivity index (χ2v) is 3.24. The number of hydrogen-bond donors (Lipinski definition) is 0. The van der Waals surface area contributed by atoms with Gasteiger partial charge in [-0.2, -0.15) is 0 Å². The van der Waals surface area contributed by atoms with E-state index in [1.165, 1.54) is 0 Å². The largest absolute Gasteiger partial charge is 0.427 e. The first-order chi connectivity index (χ1) is 7.04. The van der Waals surface area contributed by atoms with Crippen molar-refractivity contribution in [1.82, 2.24) is 0 Å². The quantitative estimate of drug-likeness (QED) is 0.321. The van der Waals surface area contributed by atoms with Gasteiger partial charge in [0.1, 0.15) is 0 Å². The Hall–Kier alpha value is -2.15. The SMILES string of the molecule is C=C(C)C(=O)Oc1cc(C)ccc1[N+]#N. The molecule has 0 unspecified atom stereocenters. The maximum Gasteiger partial charge on any atom is 0.427 e. The van der Waals surface area contributed by atoms with Crippen LogP contribution in [0, 0.1) is 12.3 Å². The first kappa shape index (κ1) is 10.9. The summed E-state index contributed by atoms with van der Waals surface area (Å²) in [5, 5.41) is 8.67. The number of nitrogens with zero attached hydrogens (tertiary/aromatic N) is 2. The first-order valence-corrected chi connectivity index (χ1v) is 4.38. The number of ether oxygens (including phenoxy) is 1. The predicted octanol–water partition coefficient (Wildman–Crippen LogP) is 2.96. The molecule has 0 aliphatic rings. The minimum absolute atomic E-state index is 0.218. The number of rotatable bonds is 2. The smallest absolute Gasteiger partial charge is 0.414 e. The van der Waals surface area contributed by atoms with Crippen LogP contribution in [0.3, 0.4) is 0 Å². The molecular weight excluding hydrogens is 192 g/mol. The zero-order valence-corrected chi connectivity index (χ0v) is 8.65. The van der Waals surface area contributed by atoms with Crippen molar-refractivity contribution in [2.24, 2.45) is 0 Å². The van der Waals surface area contributed by atoms with Gasteiger partial charge in [0.2, 0.25) is 11.1 Å². The zero-order valence-electron chi connectivity index (χ0n) is 8.65. The lowest BCUT2D eigenvalue weighted by molar-refractivity contribution is -0.130. The molecule has 0 saturated carbocycles. The van der Waals surface area contributed by atoms with Gasteiger partial charge in [0.25, 0.3) is 0 Å². The van der Waals surface area contributed by atoms with E-state index in [2.05, 4.69) is 11.6 Å². The molecule has 0 aromatic heterocycles. The lowest BCUT2D eigenvalue weighted by Crippen LogP contribution is -2.08. The molecule has 0 saturated heterocycles. The fourth-order valence-corrected chi connectivity index (χ4v) is 0.973. The lowest BCUT2D eigenvalue weighted by Gasteiger charge is -2.01. The Bertz CT molecular complexity index is 458. The van der Waals surface area contributed by atoms with E-state index in [4.69, 9.17) is 10.1 Å². The van der Waals surface area contributed by atoms with E-state index < -0.39 is 5.97 Å². The predicted molar refractivity (Wildman–Crippen MR) is 56.4 cm³/mol. The van der Waals surface area contributed by atoms with Crippen molar-refractivity contribution in [3.8, 4) is 5.75 Å². The summed E-state index contributed by atoms with van der Waals surface area (Å²) in [6, 6.07) is 4.94. The minimum atomic E-state index is -0.537. The molecule has 0 heterocycles. The highest BCUT2D eigenvalue weighted by Gasteiger charge is 2.18. The average Bonchev–Trinajstić information content (AvgIpc) is 2.18. The number of hydrogen-bond acceptors (Lipinski definition) is 3. The van der Waals surface area contributed by atoms with Gasteiger partial charge in [0.05, 0.1) is 0 Å². The molecule has 0 aliphatic carbocycles. The third-order valence-corrected chi connectivity index (χ3v) is 1.77. The van der Waals surface area contributed by atoms with Crippen LogP contribution in [0.25, 0.3) is 4.98 Å². The molecule has 1 rings (SSSR count). The maximum atomic E-state index is 11.2. The topological polar surface area (TPSA) is 54.5 Å². The standard InChI is InChI=1S/C11H11N2O2/c1-7(2)11(14)15-10-6-8(3)4-5-9(10)13-12/h4-6H,1H2,2-3H3/q+1. The summed E-state index contributed by atoms with van der Waals surface area (Å²) in [5.74, 6) is -0.309. The number of benzene rings is 1. The van der Waals surface area contributed by atoms with Gasteiger partial charge in [0.15, 0.2) is 4.98 Å². The first-order valence-electron chi connectivity index (χ1n) is 4.38. The van der Waals surface area contributed by atoms with Crippen LogP contribution >= 0.6 is 0 Å². The fourth-order valence-electron chi connectivity index (χ4n) is 0.973. The van der Waals surface area contributed by atoms with E-state index in [1.807, 2.05) is 6.92 Å². The van der Waals surface area contributed by atoms with Gasteiger partial charge in [-0.25, -0.2) is 4.79 Å². The highest BCUT2D eigenvalue weighted by atomic mass is 16.5. The van der Waals surface area contributed by atoms with Crippen molar-refractivity contribution >= 4 is 11.7 Å². The average molecular weight is 203 g/mol. The van der Waals surface area contributed by atoms with Gasteiger partial charge in [-0.15, -0.1) is 0 Å². The maximum absolute atomic E-state index is 11.2. The van der Waals surface area contributed by atoms with Crippen LogP contribution in [0.2, 0.25) is 0 Å². The van der Waals surface area contributed by atoms with Crippen LogP contribution < -0.4 is 4.74 Å². The monoisotopic (exact) mass is 203 g/mol. The van der Waals surface area contributed by atoms with Gasteiger partial charge >= 0.3 is 11.7 Å². The molecule has 0 radical (unpaired) electrons. The van der Waals surface area contributed by atoms with E-state index in [9.17, 15) is 4.79 Å². The Morgan fingerprint density at radius 3 is 2.73 bits per heavy atom. The van der Waals surface area contributed by atoms with Crippen molar-refractivity contribution in [1.29, 1.82) is 5.39 Å². The van der Waals surface area contributed by atoms with Crippen molar-refractivity contribution < 1.29 is 9.53 Å². The van der Waals surface area contributed by atoms with Crippen LogP contribution in [-0.4, -0.2) is 5.97 Å². The van der Waals surface area contributed by atoms with E-state index >= 15 is 0 Å². The van der Waals surface area contributed by atoms with Crippen LogP contribution in [0.5, 0.6) is 5.75 Å². The second-order valence-electron chi connectivity index (χ2n) is 3.24. The number of carbonyl (C=O) groups is 1. The molecule has 0 bridgehead atoms. The third-order valence-electron chi connectivity index (χ3n) is 1.77. The molecule has 0 N–H and O–H groups in total. The summed E-state index contributed by atoms with van der Waals surface area (Å²) in [6.07, 6.45) is 0. The lowest BCUT2D eigenvalue weighted by atomic mass is 10.2. The minimum Gasteiger partial charge on any atom is -0.414 e. The van der Waals surface area contributed by atoms with Crippen molar-refractivity contribution in [2.75, 3.05) is 0 Å². The van der Waals surface area contributed by atoms with Crippen molar-refractivity contribution in [3.05, 3.63) is 40.9 Å². The van der Waals surface area contributed by atoms with Gasteiger partial charge in [-0.3, -0.25) is 0 Å². The molecule has 0 spiro atoms. The van der Waals surface area contributed by atoms with E-state index in [1.54, 1.807) is 25.1 Å². The summed E-state index contributed by atoms with van der Waals surface area (Å²) in [7, 11) is 0. The molecule has 0 fully saturated rings. The van der Waals surface area contributed by atoms with Gasteiger partial charge in [0, 0.05) is 11.6 Å². The highest BCUT2D eigenvalue weighted by Crippen LogP contribution is 2.28.